The second-order valence-corrected chi connectivity index (χ2v) is 8.41. The number of ketones is 1. The van der Waals surface area contributed by atoms with Crippen LogP contribution in [0.5, 0.6) is 0 Å². The van der Waals surface area contributed by atoms with Crippen LogP contribution in [0.2, 0.25) is 0 Å². The summed E-state index contributed by atoms with van der Waals surface area (Å²) >= 11 is 0. The smallest absolute Gasteiger partial charge is 0.178 e. The summed E-state index contributed by atoms with van der Waals surface area (Å²) in [5, 5.41) is 9.53. The van der Waals surface area contributed by atoms with Crippen molar-refractivity contribution in [1.82, 2.24) is 0 Å². The third-order valence-corrected chi connectivity index (χ3v) is 7.71. The van der Waals surface area contributed by atoms with Crippen molar-refractivity contribution in [2.24, 2.45) is 34.5 Å². The highest BCUT2D eigenvalue weighted by Gasteiger charge is 2.58. The van der Waals surface area contributed by atoms with Gasteiger partial charge in [-0.25, -0.2) is 0 Å². The van der Waals surface area contributed by atoms with Crippen LogP contribution in [-0.2, 0) is 4.79 Å². The van der Waals surface area contributed by atoms with Crippen LogP contribution in [0, 0.1) is 45.8 Å². The Morgan fingerprint density at radius 2 is 2.00 bits per heavy atom. The maximum atomic E-state index is 11.7. The predicted octanol–water partition coefficient (Wildman–Crippen LogP) is 4.43. The SMILES string of the molecule is C[C@]12C=CC(=O)C=C1CC[C@@H]1[C@H]2CC[C@]2(C)C(C#N)CC[C@@H]12. The van der Waals surface area contributed by atoms with Gasteiger partial charge in [-0.1, -0.05) is 25.5 Å². The summed E-state index contributed by atoms with van der Waals surface area (Å²) in [6.07, 6.45) is 12.9. The molecule has 3 saturated carbocycles. The molecule has 4 aliphatic rings. The topological polar surface area (TPSA) is 40.9 Å². The van der Waals surface area contributed by atoms with Crippen molar-refractivity contribution in [3.05, 3.63) is 23.8 Å². The molecule has 0 aromatic heterocycles. The van der Waals surface area contributed by atoms with Crippen LogP contribution in [0.4, 0.5) is 0 Å². The number of nitriles is 1. The molecule has 0 aromatic rings. The summed E-state index contributed by atoms with van der Waals surface area (Å²) in [5.74, 6) is 2.52. The minimum Gasteiger partial charge on any atom is -0.290 e. The van der Waals surface area contributed by atoms with Gasteiger partial charge < -0.3 is 0 Å². The van der Waals surface area contributed by atoms with Gasteiger partial charge in [0.1, 0.15) is 0 Å². The summed E-state index contributed by atoms with van der Waals surface area (Å²) in [5.41, 5.74) is 1.68. The molecule has 0 N–H and O–H groups in total. The first-order valence-electron chi connectivity index (χ1n) is 8.83. The van der Waals surface area contributed by atoms with E-state index >= 15 is 0 Å². The predicted molar refractivity (Wildman–Crippen MR) is 85.7 cm³/mol. The maximum absolute atomic E-state index is 11.7. The Labute approximate surface area is 133 Å². The minimum absolute atomic E-state index is 0.0862. The first-order chi connectivity index (χ1) is 10.5. The molecule has 0 spiro atoms. The summed E-state index contributed by atoms with van der Waals surface area (Å²) in [7, 11) is 0. The highest BCUT2D eigenvalue weighted by molar-refractivity contribution is 6.01. The van der Waals surface area contributed by atoms with E-state index in [9.17, 15) is 10.1 Å². The molecule has 0 aromatic carbocycles. The van der Waals surface area contributed by atoms with Gasteiger partial charge in [0, 0.05) is 5.41 Å². The zero-order valence-electron chi connectivity index (χ0n) is 13.6. The van der Waals surface area contributed by atoms with Crippen molar-refractivity contribution in [1.29, 1.82) is 5.26 Å². The van der Waals surface area contributed by atoms with Crippen LogP contribution in [0.3, 0.4) is 0 Å². The lowest BCUT2D eigenvalue weighted by Gasteiger charge is -2.56. The average Bonchev–Trinajstić information content (AvgIpc) is 2.84. The molecule has 0 bridgehead atoms. The summed E-state index contributed by atoms with van der Waals surface area (Å²) < 4.78 is 0. The number of carbonyl (C=O) groups excluding carboxylic acids is 1. The van der Waals surface area contributed by atoms with Crippen molar-refractivity contribution < 1.29 is 4.79 Å². The molecule has 0 amide bonds. The lowest BCUT2D eigenvalue weighted by molar-refractivity contribution is -0.111. The Kier molecular flexibility index (Phi) is 2.96. The van der Waals surface area contributed by atoms with Gasteiger partial charge in [-0.05, 0) is 73.8 Å². The molecule has 6 atom stereocenters. The third kappa shape index (κ3) is 1.69. The second-order valence-electron chi connectivity index (χ2n) is 8.41. The van der Waals surface area contributed by atoms with E-state index in [0.29, 0.717) is 11.8 Å². The van der Waals surface area contributed by atoms with E-state index in [0.717, 1.165) is 18.8 Å². The zero-order chi connectivity index (χ0) is 15.5. The van der Waals surface area contributed by atoms with Gasteiger partial charge >= 0.3 is 0 Å². The largest absolute Gasteiger partial charge is 0.290 e. The molecule has 4 rings (SSSR count). The summed E-state index contributed by atoms with van der Waals surface area (Å²) in [6, 6.07) is 2.60. The van der Waals surface area contributed by atoms with Crippen molar-refractivity contribution in [2.45, 2.75) is 52.4 Å². The van der Waals surface area contributed by atoms with Crippen LogP contribution < -0.4 is 0 Å². The van der Waals surface area contributed by atoms with Crippen molar-refractivity contribution in [3.63, 3.8) is 0 Å². The van der Waals surface area contributed by atoms with Crippen molar-refractivity contribution >= 4 is 5.78 Å². The first kappa shape index (κ1) is 14.2. The molecule has 4 aliphatic carbocycles. The standard InChI is InChI=1S/C20H25NO/c1-19-9-7-15(22)11-13(19)3-5-16-17-6-4-14(12-21)20(17,2)10-8-18(16)19/h7,9,11,14,16-18H,3-6,8,10H2,1-2H3/t14?,16-,17-,18+,19-,20+/m0/s1. The monoisotopic (exact) mass is 295 g/mol. The Bertz CT molecular complexity index is 624. The molecule has 2 heteroatoms. The van der Waals surface area contributed by atoms with Gasteiger partial charge in [-0.3, -0.25) is 4.79 Å². The van der Waals surface area contributed by atoms with E-state index in [4.69, 9.17) is 0 Å². The number of carbonyl (C=O) groups is 1. The highest BCUT2D eigenvalue weighted by atomic mass is 16.1. The molecular formula is C20H25NO. The maximum Gasteiger partial charge on any atom is 0.178 e. The third-order valence-electron chi connectivity index (χ3n) is 7.71. The molecular weight excluding hydrogens is 270 g/mol. The number of hydrogen-bond donors (Lipinski definition) is 0. The van der Waals surface area contributed by atoms with Crippen LogP contribution >= 0.6 is 0 Å². The Hall–Kier alpha value is -1.36. The van der Waals surface area contributed by atoms with Gasteiger partial charge in [0.2, 0.25) is 0 Å². The molecule has 0 aliphatic heterocycles. The minimum atomic E-state index is 0.0862. The van der Waals surface area contributed by atoms with Gasteiger partial charge in [0.25, 0.3) is 0 Å². The van der Waals surface area contributed by atoms with E-state index in [2.05, 4.69) is 26.0 Å². The number of allylic oxidation sites excluding steroid dienone is 4. The molecule has 2 nitrogen and oxygen atoms in total. The quantitative estimate of drug-likeness (QED) is 0.663. The number of rotatable bonds is 0. The van der Waals surface area contributed by atoms with Crippen LogP contribution in [-0.4, -0.2) is 5.78 Å². The Morgan fingerprint density at radius 1 is 1.18 bits per heavy atom. The fraction of sp³-hybridized carbons (Fsp3) is 0.700. The normalized spacial score (nSPS) is 49.7. The van der Waals surface area contributed by atoms with Gasteiger partial charge in [0.15, 0.2) is 5.78 Å². The van der Waals surface area contributed by atoms with E-state index < -0.39 is 0 Å². The fourth-order valence-corrected chi connectivity index (χ4v) is 6.41. The van der Waals surface area contributed by atoms with Gasteiger partial charge in [-0.15, -0.1) is 0 Å². The molecule has 0 radical (unpaired) electrons. The van der Waals surface area contributed by atoms with E-state index in [-0.39, 0.29) is 22.5 Å². The zero-order valence-corrected chi connectivity index (χ0v) is 13.6. The number of nitrogens with zero attached hydrogens (tertiary/aromatic N) is 1. The van der Waals surface area contributed by atoms with Gasteiger partial charge in [-0.2, -0.15) is 5.26 Å². The lowest BCUT2D eigenvalue weighted by Crippen LogP contribution is -2.49. The van der Waals surface area contributed by atoms with Crippen molar-refractivity contribution in [3.8, 4) is 6.07 Å². The lowest BCUT2D eigenvalue weighted by atomic mass is 9.48. The van der Waals surface area contributed by atoms with E-state index in [1.54, 1.807) is 6.08 Å². The number of hydrogen-bond acceptors (Lipinski definition) is 2. The molecule has 1 unspecified atom stereocenters. The van der Waals surface area contributed by atoms with Crippen LogP contribution in [0.1, 0.15) is 52.4 Å². The van der Waals surface area contributed by atoms with Crippen LogP contribution in [0.15, 0.2) is 23.8 Å². The average molecular weight is 295 g/mol. The summed E-state index contributed by atoms with van der Waals surface area (Å²) in [4.78, 5) is 11.7. The molecule has 3 fully saturated rings. The first-order valence-corrected chi connectivity index (χ1v) is 8.83. The number of fused-ring (bicyclic) bond motifs is 5. The molecule has 0 saturated heterocycles. The fourth-order valence-electron chi connectivity index (χ4n) is 6.41. The highest BCUT2D eigenvalue weighted by Crippen LogP contribution is 2.65. The van der Waals surface area contributed by atoms with Crippen molar-refractivity contribution in [2.75, 3.05) is 0 Å². The van der Waals surface area contributed by atoms with E-state index in [1.165, 1.54) is 31.3 Å². The molecule has 116 valence electrons. The van der Waals surface area contributed by atoms with Gasteiger partial charge in [0.05, 0.1) is 12.0 Å². The second kappa shape index (κ2) is 4.57. The molecule has 0 heterocycles. The Morgan fingerprint density at radius 3 is 2.77 bits per heavy atom. The Balaban J connectivity index is 1.70. The van der Waals surface area contributed by atoms with Crippen LogP contribution in [0.25, 0.3) is 0 Å². The van der Waals surface area contributed by atoms with E-state index in [1.807, 2.05) is 6.08 Å². The molecule has 22 heavy (non-hydrogen) atoms. The summed E-state index contributed by atoms with van der Waals surface area (Å²) in [6.45, 7) is 4.72.